The van der Waals surface area contributed by atoms with Gasteiger partial charge in [-0.25, -0.2) is 0 Å². The summed E-state index contributed by atoms with van der Waals surface area (Å²) in [7, 11) is 0. The number of piperidine rings is 1. The van der Waals surface area contributed by atoms with Gasteiger partial charge < -0.3 is 20.3 Å². The Balaban J connectivity index is 1.66. The minimum atomic E-state index is -0.0186. The van der Waals surface area contributed by atoms with Gasteiger partial charge in [-0.15, -0.1) is 0 Å². The van der Waals surface area contributed by atoms with Gasteiger partial charge in [0.15, 0.2) is 0 Å². The van der Waals surface area contributed by atoms with Crippen LogP contribution in [0.3, 0.4) is 0 Å². The van der Waals surface area contributed by atoms with Crippen LogP contribution >= 0.6 is 0 Å². The Morgan fingerprint density at radius 2 is 2.17 bits per heavy atom. The van der Waals surface area contributed by atoms with Gasteiger partial charge in [0.2, 0.25) is 11.8 Å². The standard InChI is InChI=1S/C17H31N3O3/c1-2-23-11-5-8-16(21)20-10-4-6-14(13-20)12-19-17(22)15-7-3-9-18-15/h14-15,18H,2-13H2,1H3,(H,19,22). The molecule has 0 radical (unpaired) electrons. The van der Waals surface area contributed by atoms with Crippen molar-refractivity contribution in [3.63, 3.8) is 0 Å². The van der Waals surface area contributed by atoms with E-state index in [1.54, 1.807) is 0 Å². The van der Waals surface area contributed by atoms with Gasteiger partial charge in [-0.05, 0) is 51.5 Å². The van der Waals surface area contributed by atoms with Gasteiger partial charge in [0.05, 0.1) is 6.04 Å². The minimum absolute atomic E-state index is 0.0186. The van der Waals surface area contributed by atoms with Crippen LogP contribution in [0.1, 0.15) is 45.4 Å². The summed E-state index contributed by atoms with van der Waals surface area (Å²) in [6.07, 6.45) is 5.47. The lowest BCUT2D eigenvalue weighted by atomic mass is 9.97. The number of amides is 2. The van der Waals surface area contributed by atoms with E-state index >= 15 is 0 Å². The van der Waals surface area contributed by atoms with Crippen LogP contribution in [0.2, 0.25) is 0 Å². The fraction of sp³-hybridized carbons (Fsp3) is 0.882. The smallest absolute Gasteiger partial charge is 0.237 e. The van der Waals surface area contributed by atoms with Crippen LogP contribution in [0.15, 0.2) is 0 Å². The molecular weight excluding hydrogens is 294 g/mol. The number of ether oxygens (including phenoxy) is 1. The van der Waals surface area contributed by atoms with Crippen molar-refractivity contribution in [2.75, 3.05) is 39.4 Å². The number of hydrogen-bond donors (Lipinski definition) is 2. The number of hydrogen-bond acceptors (Lipinski definition) is 4. The first-order chi connectivity index (χ1) is 11.2. The molecule has 0 aromatic rings. The quantitative estimate of drug-likeness (QED) is 0.651. The van der Waals surface area contributed by atoms with E-state index in [4.69, 9.17) is 4.74 Å². The zero-order chi connectivity index (χ0) is 16.5. The maximum Gasteiger partial charge on any atom is 0.237 e. The molecule has 0 saturated carbocycles. The molecule has 2 fully saturated rings. The van der Waals surface area contributed by atoms with Crippen LogP contribution in [-0.4, -0.2) is 62.1 Å². The van der Waals surface area contributed by atoms with Crippen molar-refractivity contribution in [3.05, 3.63) is 0 Å². The molecule has 2 heterocycles. The first-order valence-corrected chi connectivity index (χ1v) is 9.07. The van der Waals surface area contributed by atoms with E-state index in [9.17, 15) is 9.59 Å². The highest BCUT2D eigenvalue weighted by Gasteiger charge is 2.26. The summed E-state index contributed by atoms with van der Waals surface area (Å²) in [6, 6.07) is -0.0186. The summed E-state index contributed by atoms with van der Waals surface area (Å²) in [6.45, 7) is 6.56. The van der Waals surface area contributed by atoms with Crippen LogP contribution in [0.25, 0.3) is 0 Å². The molecule has 6 heteroatoms. The summed E-state index contributed by atoms with van der Waals surface area (Å²) in [5, 5.41) is 6.27. The van der Waals surface area contributed by atoms with Gasteiger partial charge in [-0.3, -0.25) is 9.59 Å². The summed E-state index contributed by atoms with van der Waals surface area (Å²) in [5.74, 6) is 0.714. The van der Waals surface area contributed by atoms with Crippen LogP contribution in [-0.2, 0) is 14.3 Å². The van der Waals surface area contributed by atoms with Crippen LogP contribution in [0.4, 0.5) is 0 Å². The van der Waals surface area contributed by atoms with Crippen molar-refractivity contribution in [2.24, 2.45) is 5.92 Å². The van der Waals surface area contributed by atoms with E-state index in [-0.39, 0.29) is 17.9 Å². The Morgan fingerprint density at radius 3 is 2.91 bits per heavy atom. The SMILES string of the molecule is CCOCCCC(=O)N1CCCC(CNC(=O)C2CCCN2)C1. The second-order valence-electron chi connectivity index (χ2n) is 6.54. The van der Waals surface area contributed by atoms with Crippen molar-refractivity contribution in [2.45, 2.75) is 51.5 Å². The molecule has 23 heavy (non-hydrogen) atoms. The summed E-state index contributed by atoms with van der Waals surface area (Å²) in [4.78, 5) is 26.2. The molecule has 0 aromatic heterocycles. The highest BCUT2D eigenvalue weighted by atomic mass is 16.5. The molecule has 2 unspecified atom stereocenters. The monoisotopic (exact) mass is 325 g/mol. The molecule has 2 rings (SSSR count). The molecule has 2 aliphatic heterocycles. The molecule has 2 N–H and O–H groups in total. The van der Waals surface area contributed by atoms with Gasteiger partial charge in [0.1, 0.15) is 0 Å². The van der Waals surface area contributed by atoms with Crippen molar-refractivity contribution in [1.29, 1.82) is 0 Å². The Kier molecular flexibility index (Phi) is 7.82. The third-order valence-corrected chi connectivity index (χ3v) is 4.70. The second kappa shape index (κ2) is 9.88. The highest BCUT2D eigenvalue weighted by Crippen LogP contribution is 2.17. The highest BCUT2D eigenvalue weighted by molar-refractivity contribution is 5.82. The number of nitrogens with one attached hydrogen (secondary N) is 2. The number of carbonyl (C=O) groups excluding carboxylic acids is 2. The molecule has 0 aliphatic carbocycles. The predicted octanol–water partition coefficient (Wildman–Crippen LogP) is 0.910. The largest absolute Gasteiger partial charge is 0.382 e. The van der Waals surface area contributed by atoms with Crippen LogP contribution in [0, 0.1) is 5.92 Å². The minimum Gasteiger partial charge on any atom is -0.382 e. The van der Waals surface area contributed by atoms with E-state index < -0.39 is 0 Å². The molecule has 0 spiro atoms. The Bertz CT molecular complexity index is 383. The first-order valence-electron chi connectivity index (χ1n) is 9.07. The lowest BCUT2D eigenvalue weighted by Gasteiger charge is -2.33. The van der Waals surface area contributed by atoms with E-state index in [0.717, 1.165) is 51.7 Å². The maximum atomic E-state index is 12.2. The number of carbonyl (C=O) groups is 2. The Labute approximate surface area is 139 Å². The Hall–Kier alpha value is -1.14. The third-order valence-electron chi connectivity index (χ3n) is 4.70. The number of nitrogens with zero attached hydrogens (tertiary/aromatic N) is 1. The van der Waals surface area contributed by atoms with Crippen LogP contribution < -0.4 is 10.6 Å². The van der Waals surface area contributed by atoms with E-state index in [2.05, 4.69) is 10.6 Å². The number of likely N-dealkylation sites (tertiary alicyclic amines) is 1. The molecule has 2 amide bonds. The van der Waals surface area contributed by atoms with Crippen molar-refractivity contribution in [1.82, 2.24) is 15.5 Å². The molecule has 2 saturated heterocycles. The van der Waals surface area contributed by atoms with E-state index in [0.29, 0.717) is 32.1 Å². The average molecular weight is 325 g/mol. The summed E-state index contributed by atoms with van der Waals surface area (Å²) < 4.78 is 5.28. The molecule has 0 aromatic carbocycles. The number of rotatable bonds is 8. The lowest BCUT2D eigenvalue weighted by molar-refractivity contribution is -0.133. The summed E-state index contributed by atoms with van der Waals surface area (Å²) >= 11 is 0. The van der Waals surface area contributed by atoms with Gasteiger partial charge in [-0.2, -0.15) is 0 Å². The summed E-state index contributed by atoms with van der Waals surface area (Å²) in [5.41, 5.74) is 0. The van der Waals surface area contributed by atoms with Crippen molar-refractivity contribution >= 4 is 11.8 Å². The molecule has 132 valence electrons. The predicted molar refractivity (Wildman–Crippen MR) is 89.1 cm³/mol. The van der Waals surface area contributed by atoms with Gasteiger partial charge >= 0.3 is 0 Å². The van der Waals surface area contributed by atoms with Crippen molar-refractivity contribution < 1.29 is 14.3 Å². The molecule has 6 nitrogen and oxygen atoms in total. The van der Waals surface area contributed by atoms with E-state index in [1.165, 1.54) is 0 Å². The van der Waals surface area contributed by atoms with E-state index in [1.807, 2.05) is 11.8 Å². The molecule has 2 atom stereocenters. The zero-order valence-electron chi connectivity index (χ0n) is 14.3. The lowest BCUT2D eigenvalue weighted by Crippen LogP contribution is -2.46. The third kappa shape index (κ3) is 6.11. The zero-order valence-corrected chi connectivity index (χ0v) is 14.3. The van der Waals surface area contributed by atoms with Gasteiger partial charge in [0, 0.05) is 39.3 Å². The molecular formula is C17H31N3O3. The average Bonchev–Trinajstić information content (AvgIpc) is 3.11. The molecule has 0 bridgehead atoms. The fourth-order valence-corrected chi connectivity index (χ4v) is 3.36. The maximum absolute atomic E-state index is 12.2. The normalized spacial score (nSPS) is 24.7. The van der Waals surface area contributed by atoms with Gasteiger partial charge in [-0.1, -0.05) is 0 Å². The second-order valence-corrected chi connectivity index (χ2v) is 6.54. The topological polar surface area (TPSA) is 70.7 Å². The van der Waals surface area contributed by atoms with Gasteiger partial charge in [0.25, 0.3) is 0 Å². The van der Waals surface area contributed by atoms with Crippen LogP contribution in [0.5, 0.6) is 0 Å². The fourth-order valence-electron chi connectivity index (χ4n) is 3.36. The van der Waals surface area contributed by atoms with Crippen molar-refractivity contribution in [3.8, 4) is 0 Å². The molecule has 2 aliphatic rings. The first kappa shape index (κ1) is 18.2. The Morgan fingerprint density at radius 1 is 1.30 bits per heavy atom.